The number of nitrogens with zero attached hydrogens (tertiary/aromatic N) is 3. The highest BCUT2D eigenvalue weighted by molar-refractivity contribution is 7.91. The topological polar surface area (TPSA) is 92.3 Å². The number of aromatic nitrogens is 2. The molecular formula is C18H21FN4O3S. The van der Waals surface area contributed by atoms with E-state index in [2.05, 4.69) is 15.3 Å². The number of rotatable bonds is 5. The third-order valence-corrected chi connectivity index (χ3v) is 6.16. The molecule has 2 aromatic rings. The van der Waals surface area contributed by atoms with E-state index < -0.39 is 15.7 Å². The average molecular weight is 392 g/mol. The molecule has 0 spiro atoms. The van der Waals surface area contributed by atoms with Crippen LogP contribution in [0.4, 0.5) is 16.0 Å². The summed E-state index contributed by atoms with van der Waals surface area (Å²) >= 11 is 0. The maximum absolute atomic E-state index is 13.4. The molecule has 1 aromatic carbocycles. The van der Waals surface area contributed by atoms with Crippen LogP contribution in [0.25, 0.3) is 0 Å². The highest BCUT2D eigenvalue weighted by Crippen LogP contribution is 2.21. The van der Waals surface area contributed by atoms with Crippen molar-refractivity contribution in [2.24, 2.45) is 0 Å². The quantitative estimate of drug-likeness (QED) is 0.840. The van der Waals surface area contributed by atoms with Crippen LogP contribution >= 0.6 is 0 Å². The average Bonchev–Trinajstić information content (AvgIpc) is 2.94. The molecular weight excluding hydrogens is 371 g/mol. The number of carbonyl (C=O) groups is 1. The molecule has 2 heterocycles. The van der Waals surface area contributed by atoms with E-state index in [9.17, 15) is 17.6 Å². The van der Waals surface area contributed by atoms with E-state index in [0.29, 0.717) is 24.3 Å². The maximum Gasteiger partial charge on any atom is 0.272 e. The second-order valence-corrected chi connectivity index (χ2v) is 8.73. The van der Waals surface area contributed by atoms with Gasteiger partial charge in [0.25, 0.3) is 5.91 Å². The first-order chi connectivity index (χ1) is 12.8. The fourth-order valence-electron chi connectivity index (χ4n) is 3.17. The molecule has 1 fully saturated rings. The Morgan fingerprint density at radius 1 is 1.33 bits per heavy atom. The highest BCUT2D eigenvalue weighted by Gasteiger charge is 2.34. The van der Waals surface area contributed by atoms with Gasteiger partial charge in [0, 0.05) is 24.0 Å². The van der Waals surface area contributed by atoms with Gasteiger partial charge in [-0.1, -0.05) is 6.07 Å². The van der Waals surface area contributed by atoms with Crippen LogP contribution in [0.15, 0.2) is 30.3 Å². The van der Waals surface area contributed by atoms with Crippen LogP contribution < -0.4 is 5.32 Å². The molecule has 0 aliphatic carbocycles. The zero-order chi connectivity index (χ0) is 19.6. The lowest BCUT2D eigenvalue weighted by atomic mass is 10.2. The van der Waals surface area contributed by atoms with Crippen molar-refractivity contribution in [3.8, 4) is 0 Å². The molecule has 1 atom stereocenters. The Kier molecular flexibility index (Phi) is 5.41. The summed E-state index contributed by atoms with van der Waals surface area (Å²) in [5.41, 5.74) is 1.21. The minimum absolute atomic E-state index is 0.0228. The van der Waals surface area contributed by atoms with Gasteiger partial charge in [-0.15, -0.1) is 0 Å². The molecule has 1 unspecified atom stereocenters. The molecule has 1 aliphatic heterocycles. The van der Waals surface area contributed by atoms with Gasteiger partial charge in [-0.25, -0.2) is 22.8 Å². The van der Waals surface area contributed by atoms with Crippen molar-refractivity contribution in [2.75, 3.05) is 23.4 Å². The first kappa shape index (κ1) is 19.2. The Balaban J connectivity index is 1.85. The standard InChI is InChI=1S/C18H21FN4O3S/c1-3-23(15-7-8-27(25,26)11-15)17(24)16-9-12(2)20-18(22-16)21-14-6-4-5-13(19)10-14/h4-6,9-10,15H,3,7-8,11H2,1-2H3,(H,20,21,22). The van der Waals surface area contributed by atoms with Gasteiger partial charge in [-0.2, -0.15) is 0 Å². The molecule has 1 N–H and O–H groups in total. The highest BCUT2D eigenvalue weighted by atomic mass is 32.2. The summed E-state index contributed by atoms with van der Waals surface area (Å²) < 4.78 is 36.9. The zero-order valence-corrected chi connectivity index (χ0v) is 16.0. The van der Waals surface area contributed by atoms with Crippen LogP contribution in [0, 0.1) is 12.7 Å². The van der Waals surface area contributed by atoms with Gasteiger partial charge in [0.2, 0.25) is 5.95 Å². The van der Waals surface area contributed by atoms with Crippen LogP contribution in [-0.2, 0) is 9.84 Å². The summed E-state index contributed by atoms with van der Waals surface area (Å²) in [7, 11) is -3.10. The SMILES string of the molecule is CCN(C(=O)c1cc(C)nc(Nc2cccc(F)c2)n1)C1CCS(=O)(=O)C1. The van der Waals surface area contributed by atoms with Crippen molar-refractivity contribution in [3.63, 3.8) is 0 Å². The number of halogens is 1. The minimum atomic E-state index is -3.10. The third-order valence-electron chi connectivity index (χ3n) is 4.40. The van der Waals surface area contributed by atoms with Gasteiger partial charge in [0.15, 0.2) is 9.84 Å². The number of carbonyl (C=O) groups excluding carboxylic acids is 1. The Morgan fingerprint density at radius 2 is 2.11 bits per heavy atom. The molecule has 9 heteroatoms. The normalized spacial score (nSPS) is 18.3. The Hall–Kier alpha value is -2.55. The zero-order valence-electron chi connectivity index (χ0n) is 15.1. The van der Waals surface area contributed by atoms with Crippen molar-refractivity contribution < 1.29 is 17.6 Å². The molecule has 27 heavy (non-hydrogen) atoms. The second kappa shape index (κ2) is 7.59. The summed E-state index contributed by atoms with van der Waals surface area (Å²) in [5, 5.41) is 2.89. The number of sulfone groups is 1. The molecule has 0 bridgehead atoms. The second-order valence-electron chi connectivity index (χ2n) is 6.50. The fraction of sp³-hybridized carbons (Fsp3) is 0.389. The Labute approximate surface area is 157 Å². The predicted octanol–water partition coefficient (Wildman–Crippen LogP) is 2.32. The molecule has 1 aromatic heterocycles. The van der Waals surface area contributed by atoms with E-state index >= 15 is 0 Å². The van der Waals surface area contributed by atoms with Crippen LogP contribution in [0.3, 0.4) is 0 Å². The largest absolute Gasteiger partial charge is 0.334 e. The van der Waals surface area contributed by atoms with E-state index in [-0.39, 0.29) is 35.1 Å². The lowest BCUT2D eigenvalue weighted by molar-refractivity contribution is 0.0702. The number of hydrogen-bond acceptors (Lipinski definition) is 6. The maximum atomic E-state index is 13.4. The fourth-order valence-corrected chi connectivity index (χ4v) is 4.90. The molecule has 1 aliphatic rings. The number of amides is 1. The lowest BCUT2D eigenvalue weighted by Crippen LogP contribution is -2.41. The molecule has 0 radical (unpaired) electrons. The smallest absolute Gasteiger partial charge is 0.272 e. The van der Waals surface area contributed by atoms with Crippen LogP contribution in [0.5, 0.6) is 0 Å². The molecule has 1 saturated heterocycles. The van der Waals surface area contributed by atoms with Crippen molar-refractivity contribution in [2.45, 2.75) is 26.3 Å². The van der Waals surface area contributed by atoms with Gasteiger partial charge in [-0.05, 0) is 44.5 Å². The lowest BCUT2D eigenvalue weighted by Gasteiger charge is -2.26. The molecule has 144 valence electrons. The number of aryl methyl sites for hydroxylation is 1. The predicted molar refractivity (Wildman–Crippen MR) is 100 cm³/mol. The third kappa shape index (κ3) is 4.60. The summed E-state index contributed by atoms with van der Waals surface area (Å²) in [6, 6.07) is 7.06. The van der Waals surface area contributed by atoms with Crippen molar-refractivity contribution in [1.29, 1.82) is 0 Å². The van der Waals surface area contributed by atoms with E-state index in [0.717, 1.165) is 0 Å². The van der Waals surface area contributed by atoms with Gasteiger partial charge in [0.05, 0.1) is 11.5 Å². The van der Waals surface area contributed by atoms with Gasteiger partial charge >= 0.3 is 0 Å². The summed E-state index contributed by atoms with van der Waals surface area (Å²) in [6.45, 7) is 3.92. The summed E-state index contributed by atoms with van der Waals surface area (Å²) in [5.74, 6) is -0.489. The summed E-state index contributed by atoms with van der Waals surface area (Å²) in [6.07, 6.45) is 0.431. The minimum Gasteiger partial charge on any atom is -0.334 e. The van der Waals surface area contributed by atoms with Gasteiger partial charge in [0.1, 0.15) is 11.5 Å². The van der Waals surface area contributed by atoms with Crippen molar-refractivity contribution in [1.82, 2.24) is 14.9 Å². The van der Waals surface area contributed by atoms with E-state index in [4.69, 9.17) is 0 Å². The van der Waals surface area contributed by atoms with Crippen molar-refractivity contribution in [3.05, 3.63) is 47.5 Å². The molecule has 0 saturated carbocycles. The summed E-state index contributed by atoms with van der Waals surface area (Å²) in [4.78, 5) is 23.0. The van der Waals surface area contributed by atoms with Crippen LogP contribution in [0.1, 0.15) is 29.5 Å². The molecule has 1 amide bonds. The molecule has 7 nitrogen and oxygen atoms in total. The number of nitrogens with one attached hydrogen (secondary N) is 1. The Morgan fingerprint density at radius 3 is 2.74 bits per heavy atom. The van der Waals surface area contributed by atoms with Crippen LogP contribution in [0.2, 0.25) is 0 Å². The molecule has 3 rings (SSSR count). The van der Waals surface area contributed by atoms with Gasteiger partial charge in [-0.3, -0.25) is 4.79 Å². The first-order valence-electron chi connectivity index (χ1n) is 8.67. The number of benzene rings is 1. The number of anilines is 2. The monoisotopic (exact) mass is 392 g/mol. The first-order valence-corrected chi connectivity index (χ1v) is 10.5. The van der Waals surface area contributed by atoms with E-state index in [1.807, 2.05) is 6.92 Å². The van der Waals surface area contributed by atoms with Crippen LogP contribution in [-0.4, -0.2) is 53.3 Å². The van der Waals surface area contributed by atoms with Gasteiger partial charge < -0.3 is 10.2 Å². The van der Waals surface area contributed by atoms with E-state index in [1.54, 1.807) is 25.1 Å². The van der Waals surface area contributed by atoms with Crippen molar-refractivity contribution >= 4 is 27.4 Å². The number of hydrogen-bond donors (Lipinski definition) is 1. The van der Waals surface area contributed by atoms with E-state index in [1.165, 1.54) is 17.0 Å². The Bertz CT molecular complexity index is 965.